The number of hydrogen-bond acceptors (Lipinski definition) is 1. The molecule has 0 atom stereocenters. The minimum absolute atomic E-state index is 0.264. The van der Waals surface area contributed by atoms with E-state index >= 15 is 0 Å². The van der Waals surface area contributed by atoms with Crippen molar-refractivity contribution < 1.29 is 4.39 Å². The van der Waals surface area contributed by atoms with Crippen molar-refractivity contribution in [1.29, 1.82) is 0 Å². The molecule has 1 nitrogen and oxygen atoms in total. The van der Waals surface area contributed by atoms with Crippen LogP contribution in [-0.4, -0.2) is 0 Å². The Balaban J connectivity index is 1.99. The van der Waals surface area contributed by atoms with Gasteiger partial charge in [-0.05, 0) is 30.2 Å². The molecule has 0 heterocycles. The molecule has 0 aromatic heterocycles. The number of aryl methyl sites for hydroxylation is 1. The summed E-state index contributed by atoms with van der Waals surface area (Å²) in [6.07, 6.45) is 0. The highest BCUT2D eigenvalue weighted by Gasteiger charge is 2.06. The van der Waals surface area contributed by atoms with Crippen molar-refractivity contribution in [2.24, 2.45) is 0 Å². The lowest BCUT2D eigenvalue weighted by molar-refractivity contribution is 0.588. The Morgan fingerprint density at radius 1 is 1.06 bits per heavy atom. The van der Waals surface area contributed by atoms with Crippen LogP contribution in [0.2, 0.25) is 5.02 Å². The first-order chi connectivity index (χ1) is 8.68. The van der Waals surface area contributed by atoms with E-state index in [0.717, 1.165) is 0 Å². The van der Waals surface area contributed by atoms with Crippen LogP contribution in [-0.2, 0) is 13.1 Å². The number of nitrogens with one attached hydrogen (secondary N) is 1. The normalized spacial score (nSPS) is 10.6. The third-order valence-corrected chi connectivity index (χ3v) is 3.29. The van der Waals surface area contributed by atoms with Gasteiger partial charge in [0.2, 0.25) is 0 Å². The van der Waals surface area contributed by atoms with E-state index in [-0.39, 0.29) is 5.82 Å². The smallest absolute Gasteiger partial charge is 0.129 e. The zero-order chi connectivity index (χ0) is 13.0. The van der Waals surface area contributed by atoms with Crippen LogP contribution in [0.3, 0.4) is 0 Å². The Kier molecular flexibility index (Phi) is 4.34. The molecule has 0 saturated heterocycles. The molecule has 18 heavy (non-hydrogen) atoms. The summed E-state index contributed by atoms with van der Waals surface area (Å²) < 4.78 is 13.5. The fourth-order valence-electron chi connectivity index (χ4n) is 1.83. The monoisotopic (exact) mass is 263 g/mol. The van der Waals surface area contributed by atoms with Crippen molar-refractivity contribution in [3.05, 3.63) is 70.0 Å². The van der Waals surface area contributed by atoms with Crippen LogP contribution in [0.25, 0.3) is 0 Å². The van der Waals surface area contributed by atoms with Crippen LogP contribution < -0.4 is 5.32 Å². The van der Waals surface area contributed by atoms with Crippen LogP contribution in [0.1, 0.15) is 16.7 Å². The second-order valence-corrected chi connectivity index (χ2v) is 4.64. The second-order valence-electron chi connectivity index (χ2n) is 4.23. The third kappa shape index (κ3) is 3.09. The first-order valence-corrected chi connectivity index (χ1v) is 6.24. The van der Waals surface area contributed by atoms with E-state index in [1.54, 1.807) is 12.1 Å². The SMILES string of the molecule is Cc1ccccc1CNCc1c(F)cccc1Cl. The average Bonchev–Trinajstić information content (AvgIpc) is 2.35. The van der Waals surface area contributed by atoms with Gasteiger partial charge in [0.15, 0.2) is 0 Å². The molecule has 0 aliphatic heterocycles. The Morgan fingerprint density at radius 3 is 2.56 bits per heavy atom. The van der Waals surface area contributed by atoms with Crippen molar-refractivity contribution in [2.75, 3.05) is 0 Å². The molecule has 3 heteroatoms. The van der Waals surface area contributed by atoms with Gasteiger partial charge in [-0.25, -0.2) is 4.39 Å². The summed E-state index contributed by atoms with van der Waals surface area (Å²) in [5, 5.41) is 3.68. The van der Waals surface area contributed by atoms with Gasteiger partial charge in [-0.3, -0.25) is 0 Å². The Hall–Kier alpha value is -1.38. The number of rotatable bonds is 4. The van der Waals surface area contributed by atoms with Gasteiger partial charge in [0.1, 0.15) is 5.82 Å². The quantitative estimate of drug-likeness (QED) is 0.877. The van der Waals surface area contributed by atoms with E-state index in [2.05, 4.69) is 24.4 Å². The Bertz CT molecular complexity index is 520. The topological polar surface area (TPSA) is 12.0 Å². The van der Waals surface area contributed by atoms with E-state index in [4.69, 9.17) is 11.6 Å². The lowest BCUT2D eigenvalue weighted by atomic mass is 10.1. The van der Waals surface area contributed by atoms with Gasteiger partial charge in [-0.1, -0.05) is 41.9 Å². The Labute approximate surface area is 112 Å². The van der Waals surface area contributed by atoms with Crippen LogP contribution in [0, 0.1) is 12.7 Å². The zero-order valence-corrected chi connectivity index (χ0v) is 11.0. The zero-order valence-electron chi connectivity index (χ0n) is 10.2. The average molecular weight is 264 g/mol. The van der Waals surface area contributed by atoms with Crippen molar-refractivity contribution in [1.82, 2.24) is 5.32 Å². The minimum atomic E-state index is -0.264. The summed E-state index contributed by atoms with van der Waals surface area (Å²) in [5.41, 5.74) is 2.96. The van der Waals surface area contributed by atoms with Crippen molar-refractivity contribution in [2.45, 2.75) is 20.0 Å². The maximum Gasteiger partial charge on any atom is 0.129 e. The molecule has 0 fully saturated rings. The van der Waals surface area contributed by atoms with Gasteiger partial charge in [0.05, 0.1) is 0 Å². The van der Waals surface area contributed by atoms with Gasteiger partial charge in [-0.15, -0.1) is 0 Å². The summed E-state index contributed by atoms with van der Waals surface area (Å²) in [6.45, 7) is 3.20. The fourth-order valence-corrected chi connectivity index (χ4v) is 2.06. The summed E-state index contributed by atoms with van der Waals surface area (Å²) in [4.78, 5) is 0. The molecule has 0 unspecified atom stereocenters. The second kappa shape index (κ2) is 5.98. The third-order valence-electron chi connectivity index (χ3n) is 2.94. The van der Waals surface area contributed by atoms with Crippen LogP contribution in [0.5, 0.6) is 0 Å². The summed E-state index contributed by atoms with van der Waals surface area (Å²) in [5.74, 6) is -0.264. The molecule has 0 amide bonds. The van der Waals surface area contributed by atoms with Gasteiger partial charge >= 0.3 is 0 Å². The molecule has 0 spiro atoms. The predicted molar refractivity (Wildman–Crippen MR) is 73.1 cm³/mol. The molecule has 2 rings (SSSR count). The number of hydrogen-bond donors (Lipinski definition) is 1. The highest BCUT2D eigenvalue weighted by Crippen LogP contribution is 2.18. The number of halogens is 2. The van der Waals surface area contributed by atoms with E-state index in [1.165, 1.54) is 17.2 Å². The summed E-state index contributed by atoms with van der Waals surface area (Å²) in [6, 6.07) is 12.9. The maximum absolute atomic E-state index is 13.5. The lowest BCUT2D eigenvalue weighted by Crippen LogP contribution is -2.14. The molecular formula is C15H15ClFN. The van der Waals surface area contributed by atoms with E-state index in [9.17, 15) is 4.39 Å². The van der Waals surface area contributed by atoms with Gasteiger partial charge in [-0.2, -0.15) is 0 Å². The maximum atomic E-state index is 13.5. The molecule has 2 aromatic rings. The van der Waals surface area contributed by atoms with Crippen LogP contribution >= 0.6 is 11.6 Å². The van der Waals surface area contributed by atoms with E-state index in [1.807, 2.05) is 12.1 Å². The Morgan fingerprint density at radius 2 is 1.83 bits per heavy atom. The van der Waals surface area contributed by atoms with Crippen molar-refractivity contribution >= 4 is 11.6 Å². The van der Waals surface area contributed by atoms with Gasteiger partial charge in [0, 0.05) is 23.7 Å². The predicted octanol–water partition coefficient (Wildman–Crippen LogP) is 4.08. The van der Waals surface area contributed by atoms with E-state index < -0.39 is 0 Å². The van der Waals surface area contributed by atoms with Gasteiger partial charge < -0.3 is 5.32 Å². The summed E-state index contributed by atoms with van der Waals surface area (Å²) >= 11 is 5.96. The lowest BCUT2D eigenvalue weighted by Gasteiger charge is -2.09. The van der Waals surface area contributed by atoms with Crippen molar-refractivity contribution in [3.63, 3.8) is 0 Å². The fraction of sp³-hybridized carbons (Fsp3) is 0.200. The summed E-state index contributed by atoms with van der Waals surface area (Å²) in [7, 11) is 0. The molecular weight excluding hydrogens is 249 g/mol. The first kappa shape index (κ1) is 13.1. The standard InChI is InChI=1S/C15H15ClFN/c1-11-5-2-3-6-12(11)9-18-10-13-14(16)7-4-8-15(13)17/h2-8,18H,9-10H2,1H3. The highest BCUT2D eigenvalue weighted by molar-refractivity contribution is 6.31. The van der Waals surface area contributed by atoms with Crippen LogP contribution in [0.4, 0.5) is 4.39 Å². The molecule has 0 radical (unpaired) electrons. The largest absolute Gasteiger partial charge is 0.308 e. The molecule has 0 aliphatic rings. The molecule has 0 bridgehead atoms. The minimum Gasteiger partial charge on any atom is -0.308 e. The van der Waals surface area contributed by atoms with Gasteiger partial charge in [0.25, 0.3) is 0 Å². The van der Waals surface area contributed by atoms with Crippen molar-refractivity contribution in [3.8, 4) is 0 Å². The van der Waals surface area contributed by atoms with E-state index in [0.29, 0.717) is 23.7 Å². The molecule has 2 aromatic carbocycles. The molecule has 94 valence electrons. The first-order valence-electron chi connectivity index (χ1n) is 5.86. The van der Waals surface area contributed by atoms with Crippen LogP contribution in [0.15, 0.2) is 42.5 Å². The number of benzene rings is 2. The molecule has 1 N–H and O–H groups in total. The highest BCUT2D eigenvalue weighted by atomic mass is 35.5. The molecule has 0 saturated carbocycles. The molecule has 0 aliphatic carbocycles.